The van der Waals surface area contributed by atoms with Crippen molar-refractivity contribution >= 4 is 32.6 Å². The fourth-order valence-electron chi connectivity index (χ4n) is 3.57. The summed E-state index contributed by atoms with van der Waals surface area (Å²) >= 11 is 0. The number of aromatic nitrogens is 4. The molecule has 0 fully saturated rings. The zero-order valence-corrected chi connectivity index (χ0v) is 18.7. The van der Waals surface area contributed by atoms with E-state index >= 15 is 0 Å². The van der Waals surface area contributed by atoms with E-state index in [-0.39, 0.29) is 12.2 Å². The van der Waals surface area contributed by atoms with Crippen LogP contribution in [-0.2, 0) is 21.4 Å². The molecule has 2 heterocycles. The Bertz CT molecular complexity index is 1440. The maximum absolute atomic E-state index is 13.8. The van der Waals surface area contributed by atoms with Crippen molar-refractivity contribution in [3.63, 3.8) is 0 Å². The number of anilines is 1. The van der Waals surface area contributed by atoms with Crippen LogP contribution in [0.15, 0.2) is 72.3 Å². The first-order valence-corrected chi connectivity index (χ1v) is 11.4. The lowest BCUT2D eigenvalue weighted by Crippen LogP contribution is -2.38. The number of sulfonamides is 1. The highest BCUT2D eigenvalue weighted by Gasteiger charge is 2.35. The lowest BCUT2D eigenvalue weighted by molar-refractivity contribution is -0.387. The van der Waals surface area contributed by atoms with Gasteiger partial charge in [-0.25, -0.2) is 23.4 Å². The van der Waals surface area contributed by atoms with Gasteiger partial charge in [-0.3, -0.25) is 19.0 Å². The van der Waals surface area contributed by atoms with Crippen LogP contribution >= 0.6 is 0 Å². The Labute approximate surface area is 194 Å². The smallest absolute Gasteiger partial charge is 0.289 e. The van der Waals surface area contributed by atoms with E-state index in [2.05, 4.69) is 15.0 Å². The average Bonchev–Trinajstić information content (AvgIpc) is 3.28. The second kappa shape index (κ2) is 9.51. The van der Waals surface area contributed by atoms with Crippen molar-refractivity contribution in [1.29, 1.82) is 0 Å². The molecule has 13 heteroatoms. The molecule has 0 bridgehead atoms. The monoisotopic (exact) mass is 484 g/mol. The van der Waals surface area contributed by atoms with Crippen LogP contribution in [0, 0.1) is 10.1 Å². The van der Waals surface area contributed by atoms with E-state index in [1.807, 2.05) is 0 Å². The van der Waals surface area contributed by atoms with Gasteiger partial charge < -0.3 is 9.84 Å². The number of methoxy groups -OCH3 is 1. The molecular formula is C21H20N6O6S. The number of nitro benzene ring substituents is 1. The number of aliphatic hydroxyl groups is 1. The largest absolute Gasteiger partial charge is 0.392 e. The van der Waals surface area contributed by atoms with E-state index in [4.69, 9.17) is 4.74 Å². The topological polar surface area (TPSA) is 154 Å². The molecule has 1 N–H and O–H groups in total. The summed E-state index contributed by atoms with van der Waals surface area (Å²) < 4.78 is 35.8. The highest BCUT2D eigenvalue weighted by atomic mass is 32.2. The third-order valence-electron chi connectivity index (χ3n) is 5.20. The number of hydrogen-bond acceptors (Lipinski definition) is 9. The predicted octanol–water partition coefficient (Wildman–Crippen LogP) is 2.27. The molecular weight excluding hydrogens is 464 g/mol. The second-order valence-electron chi connectivity index (χ2n) is 7.12. The van der Waals surface area contributed by atoms with E-state index in [1.165, 1.54) is 50.2 Å². The fraction of sp³-hybridized carbons (Fsp3) is 0.190. The maximum Gasteiger partial charge on any atom is 0.289 e. The summed E-state index contributed by atoms with van der Waals surface area (Å²) in [5.74, 6) is 0. The number of aliphatic hydroxyl groups excluding tert-OH is 1. The van der Waals surface area contributed by atoms with Gasteiger partial charge in [0.05, 0.1) is 36.3 Å². The maximum atomic E-state index is 13.8. The molecule has 0 saturated carbocycles. The SMILES string of the molecule is COC(CN(c1ccccc1CO)S(=O)(=O)c1ccccc1[N+](=O)[O-])n1cnc2cncnc21. The predicted molar refractivity (Wildman–Crippen MR) is 121 cm³/mol. The van der Waals surface area contributed by atoms with E-state index < -0.39 is 38.4 Å². The van der Waals surface area contributed by atoms with Gasteiger partial charge in [0.25, 0.3) is 15.7 Å². The Kier molecular flexibility index (Phi) is 6.49. The van der Waals surface area contributed by atoms with Gasteiger partial charge in [0.1, 0.15) is 11.8 Å². The highest BCUT2D eigenvalue weighted by molar-refractivity contribution is 7.93. The van der Waals surface area contributed by atoms with Crippen LogP contribution in [0.25, 0.3) is 11.2 Å². The van der Waals surface area contributed by atoms with Crippen molar-refractivity contribution in [1.82, 2.24) is 19.5 Å². The van der Waals surface area contributed by atoms with Gasteiger partial charge >= 0.3 is 0 Å². The third kappa shape index (κ3) is 4.19. The Hall–Kier alpha value is -3.94. The van der Waals surface area contributed by atoms with Crippen molar-refractivity contribution in [2.45, 2.75) is 17.7 Å². The summed E-state index contributed by atoms with van der Waals surface area (Å²) in [5, 5.41) is 21.5. The van der Waals surface area contributed by atoms with Crippen LogP contribution in [0.5, 0.6) is 0 Å². The molecule has 0 spiro atoms. The molecule has 0 aliphatic rings. The lowest BCUT2D eigenvalue weighted by Gasteiger charge is -2.30. The fourth-order valence-corrected chi connectivity index (χ4v) is 5.23. The van der Waals surface area contributed by atoms with Crippen LogP contribution in [-0.4, -0.2) is 51.6 Å². The van der Waals surface area contributed by atoms with Crippen LogP contribution in [0.2, 0.25) is 0 Å². The molecule has 34 heavy (non-hydrogen) atoms. The second-order valence-corrected chi connectivity index (χ2v) is 8.95. The molecule has 176 valence electrons. The van der Waals surface area contributed by atoms with Gasteiger partial charge in [0.2, 0.25) is 0 Å². The molecule has 0 aliphatic carbocycles. The summed E-state index contributed by atoms with van der Waals surface area (Å²) in [7, 11) is -3.08. The first-order valence-electron chi connectivity index (χ1n) is 9.98. The molecule has 2 aromatic heterocycles. The van der Waals surface area contributed by atoms with Crippen LogP contribution < -0.4 is 4.31 Å². The van der Waals surface area contributed by atoms with Gasteiger partial charge in [-0.1, -0.05) is 30.3 Å². The molecule has 1 atom stereocenters. The highest BCUT2D eigenvalue weighted by Crippen LogP contribution is 2.33. The van der Waals surface area contributed by atoms with Gasteiger partial charge in [-0.15, -0.1) is 0 Å². The van der Waals surface area contributed by atoms with E-state index in [1.54, 1.807) is 22.8 Å². The van der Waals surface area contributed by atoms with Crippen LogP contribution in [0.1, 0.15) is 11.8 Å². The minimum absolute atomic E-state index is 0.157. The minimum Gasteiger partial charge on any atom is -0.392 e. The normalized spacial score (nSPS) is 12.5. The molecule has 2 aromatic carbocycles. The number of benzene rings is 2. The minimum atomic E-state index is -4.48. The number of fused-ring (bicyclic) bond motifs is 1. The van der Waals surface area contributed by atoms with Gasteiger partial charge in [-0.05, 0) is 12.1 Å². The van der Waals surface area contributed by atoms with Crippen LogP contribution in [0.3, 0.4) is 0 Å². The molecule has 0 aliphatic heterocycles. The molecule has 0 amide bonds. The molecule has 4 rings (SSSR count). The number of nitrogens with zero attached hydrogens (tertiary/aromatic N) is 6. The Morgan fingerprint density at radius 3 is 2.65 bits per heavy atom. The molecule has 12 nitrogen and oxygen atoms in total. The summed E-state index contributed by atoms with van der Waals surface area (Å²) in [5.41, 5.74) is 0.805. The quantitative estimate of drug-likeness (QED) is 0.278. The summed E-state index contributed by atoms with van der Waals surface area (Å²) in [4.78, 5) is 22.7. The average molecular weight is 484 g/mol. The number of ether oxygens (including phenoxy) is 1. The van der Waals surface area contributed by atoms with Crippen molar-refractivity contribution in [2.75, 3.05) is 18.0 Å². The zero-order chi connectivity index (χ0) is 24.3. The summed E-state index contributed by atoms with van der Waals surface area (Å²) in [6.45, 7) is -0.741. The van der Waals surface area contributed by atoms with E-state index in [9.17, 15) is 23.6 Å². The van der Waals surface area contributed by atoms with Gasteiger partial charge in [0, 0.05) is 18.7 Å². The number of nitro groups is 1. The Morgan fingerprint density at radius 2 is 1.91 bits per heavy atom. The van der Waals surface area contributed by atoms with E-state index in [0.29, 0.717) is 16.7 Å². The van der Waals surface area contributed by atoms with Crippen molar-refractivity contribution in [2.24, 2.45) is 0 Å². The van der Waals surface area contributed by atoms with Crippen molar-refractivity contribution in [3.8, 4) is 0 Å². The van der Waals surface area contributed by atoms with Crippen LogP contribution in [0.4, 0.5) is 11.4 Å². The van der Waals surface area contributed by atoms with Crippen molar-refractivity contribution < 1.29 is 23.2 Å². The number of para-hydroxylation sites is 2. The Morgan fingerprint density at radius 1 is 1.18 bits per heavy atom. The zero-order valence-electron chi connectivity index (χ0n) is 17.9. The Balaban J connectivity index is 1.88. The van der Waals surface area contributed by atoms with Crippen molar-refractivity contribution in [3.05, 3.63) is 83.1 Å². The number of imidazole rings is 1. The summed E-state index contributed by atoms with van der Waals surface area (Å²) in [6, 6.07) is 11.4. The molecule has 0 saturated heterocycles. The summed E-state index contributed by atoms with van der Waals surface area (Å²) in [6.07, 6.45) is 3.37. The first kappa shape index (κ1) is 23.2. The molecule has 0 radical (unpaired) electrons. The first-order chi connectivity index (χ1) is 16.4. The third-order valence-corrected chi connectivity index (χ3v) is 7.03. The van der Waals surface area contributed by atoms with E-state index in [0.717, 1.165) is 10.4 Å². The molecule has 4 aromatic rings. The number of rotatable bonds is 9. The number of hydrogen-bond donors (Lipinski definition) is 1. The lowest BCUT2D eigenvalue weighted by atomic mass is 10.2. The van der Waals surface area contributed by atoms with Gasteiger partial charge in [0.15, 0.2) is 16.8 Å². The van der Waals surface area contributed by atoms with Gasteiger partial charge in [-0.2, -0.15) is 0 Å². The standard InChI is InChI=1S/C21H20N6O6S/c1-33-20(25-14-24-16-10-22-13-23-21(16)25)11-26(17-7-3-2-6-15(17)12-28)34(31,32)19-9-5-4-8-18(19)27(29)30/h2-10,13-14,20,28H,11-12H2,1H3. The molecule has 1 unspecified atom stereocenters.